The normalized spacial score (nSPS) is 13.1. The fraction of sp³-hybridized carbons (Fsp3) is 0.649. The van der Waals surface area contributed by atoms with Crippen molar-refractivity contribution in [2.75, 3.05) is 20.7 Å². The van der Waals surface area contributed by atoms with Gasteiger partial charge in [-0.3, -0.25) is 0 Å². The second-order valence-corrected chi connectivity index (χ2v) is 12.5. The Balaban J connectivity index is 1.62. The molecule has 0 saturated carbocycles. The van der Waals surface area contributed by atoms with Crippen LogP contribution in [0.4, 0.5) is 0 Å². The molecule has 0 heterocycles. The van der Waals surface area contributed by atoms with Crippen LogP contribution in [-0.4, -0.2) is 43.3 Å². The van der Waals surface area contributed by atoms with Gasteiger partial charge in [0, 0.05) is 18.4 Å². The first kappa shape index (κ1) is 34.9. The van der Waals surface area contributed by atoms with Gasteiger partial charge in [0.25, 0.3) is 0 Å². The highest BCUT2D eigenvalue weighted by Gasteiger charge is 2.35. The van der Waals surface area contributed by atoms with Crippen molar-refractivity contribution in [1.82, 2.24) is 0 Å². The summed E-state index contributed by atoms with van der Waals surface area (Å²) in [5, 5.41) is 0. The van der Waals surface area contributed by atoms with Gasteiger partial charge in [-0.05, 0) is 37.5 Å². The van der Waals surface area contributed by atoms with E-state index in [0.29, 0.717) is 17.5 Å². The third-order valence-electron chi connectivity index (χ3n) is 8.26. The molecule has 0 aliphatic rings. The molecule has 0 aliphatic heterocycles. The summed E-state index contributed by atoms with van der Waals surface area (Å²) >= 11 is 0. The number of benzene rings is 2. The zero-order valence-electron chi connectivity index (χ0n) is 27.0. The summed E-state index contributed by atoms with van der Waals surface area (Å²) < 4.78 is 12.5. The van der Waals surface area contributed by atoms with Crippen LogP contribution in [0.25, 0.3) is 0 Å². The van der Waals surface area contributed by atoms with Crippen molar-refractivity contribution in [3.8, 4) is 5.75 Å². The van der Waals surface area contributed by atoms with Crippen LogP contribution in [0.2, 0.25) is 0 Å². The predicted molar refractivity (Wildman–Crippen MR) is 173 cm³/mol. The van der Waals surface area contributed by atoms with Gasteiger partial charge in [-0.2, -0.15) is 0 Å². The third kappa shape index (κ3) is 14.9. The standard InChI is InChI=1S/C37H60NO3/c1-6-8-9-10-11-12-13-14-15-16-17-19-23-33-26-22-27-35(30-33)41-32(3)28-29-40-37(39)36(7-2)38(4,5)31-34-24-20-18-21-25-34/h18,20-22,24-27,30,32,36H,6-17,19,23,28-29,31H2,1-5H3/q+1. The molecule has 2 rings (SSSR count). The van der Waals surface area contributed by atoms with Gasteiger partial charge in [0.2, 0.25) is 0 Å². The molecule has 0 amide bonds. The fourth-order valence-corrected chi connectivity index (χ4v) is 5.77. The molecule has 0 bridgehead atoms. The quantitative estimate of drug-likeness (QED) is 0.0763. The van der Waals surface area contributed by atoms with E-state index < -0.39 is 0 Å². The number of ether oxygens (including phenoxy) is 2. The highest BCUT2D eigenvalue weighted by Crippen LogP contribution is 2.20. The topological polar surface area (TPSA) is 35.5 Å². The number of hydrogen-bond acceptors (Lipinski definition) is 3. The Morgan fingerprint density at radius 1 is 0.756 bits per heavy atom. The van der Waals surface area contributed by atoms with Gasteiger partial charge in [-0.15, -0.1) is 0 Å². The van der Waals surface area contributed by atoms with Gasteiger partial charge in [-0.1, -0.05) is 127 Å². The van der Waals surface area contributed by atoms with Crippen LogP contribution in [0.15, 0.2) is 54.6 Å². The molecule has 0 aromatic heterocycles. The molecule has 2 unspecified atom stereocenters. The molecule has 41 heavy (non-hydrogen) atoms. The first-order chi connectivity index (χ1) is 19.9. The molecule has 0 spiro atoms. The van der Waals surface area contributed by atoms with Crippen molar-refractivity contribution >= 4 is 5.97 Å². The average molecular weight is 567 g/mol. The Hall–Kier alpha value is -2.33. The maximum atomic E-state index is 13.0. The Morgan fingerprint density at radius 2 is 1.34 bits per heavy atom. The van der Waals surface area contributed by atoms with Crippen molar-refractivity contribution < 1.29 is 18.8 Å². The number of carbonyl (C=O) groups excluding carboxylic acids is 1. The molecule has 2 aromatic carbocycles. The zero-order valence-corrected chi connectivity index (χ0v) is 27.0. The molecule has 0 saturated heterocycles. The Kier molecular flexibility index (Phi) is 17.5. The summed E-state index contributed by atoms with van der Waals surface area (Å²) in [5.74, 6) is 0.789. The summed E-state index contributed by atoms with van der Waals surface area (Å²) in [4.78, 5) is 13.0. The maximum Gasteiger partial charge on any atom is 0.364 e. The summed E-state index contributed by atoms with van der Waals surface area (Å²) in [5.41, 5.74) is 2.57. The second-order valence-electron chi connectivity index (χ2n) is 12.5. The van der Waals surface area contributed by atoms with Crippen LogP contribution in [0.3, 0.4) is 0 Å². The summed E-state index contributed by atoms with van der Waals surface area (Å²) in [7, 11) is 4.22. The minimum atomic E-state index is -0.191. The Bertz CT molecular complexity index is 942. The van der Waals surface area contributed by atoms with Crippen LogP contribution in [0.5, 0.6) is 5.75 Å². The number of esters is 1. The van der Waals surface area contributed by atoms with Gasteiger partial charge in [0.1, 0.15) is 12.3 Å². The number of quaternary nitrogens is 1. The van der Waals surface area contributed by atoms with Crippen molar-refractivity contribution in [2.45, 2.75) is 136 Å². The average Bonchev–Trinajstić information content (AvgIpc) is 2.94. The molecule has 2 aromatic rings. The third-order valence-corrected chi connectivity index (χ3v) is 8.26. The molecule has 0 fully saturated rings. The van der Waals surface area contributed by atoms with Crippen LogP contribution in [-0.2, 0) is 22.5 Å². The van der Waals surface area contributed by atoms with Crippen molar-refractivity contribution in [3.63, 3.8) is 0 Å². The minimum absolute atomic E-state index is 0.0170. The van der Waals surface area contributed by atoms with E-state index in [9.17, 15) is 4.79 Å². The first-order valence-electron chi connectivity index (χ1n) is 16.6. The van der Waals surface area contributed by atoms with Gasteiger partial charge in [-0.25, -0.2) is 4.79 Å². The lowest BCUT2D eigenvalue weighted by Crippen LogP contribution is -2.52. The molecule has 2 atom stereocenters. The highest BCUT2D eigenvalue weighted by atomic mass is 16.5. The number of likely N-dealkylation sites (N-methyl/N-ethyl adjacent to an activating group) is 1. The lowest BCUT2D eigenvalue weighted by Gasteiger charge is -2.36. The zero-order chi connectivity index (χ0) is 29.8. The van der Waals surface area contributed by atoms with E-state index in [4.69, 9.17) is 9.47 Å². The highest BCUT2D eigenvalue weighted by molar-refractivity contribution is 5.74. The van der Waals surface area contributed by atoms with Crippen LogP contribution < -0.4 is 4.74 Å². The number of unbranched alkanes of at least 4 members (excludes halogenated alkanes) is 11. The summed E-state index contributed by atoms with van der Waals surface area (Å²) in [6, 6.07) is 18.7. The van der Waals surface area contributed by atoms with Crippen molar-refractivity contribution in [3.05, 3.63) is 65.7 Å². The smallest absolute Gasteiger partial charge is 0.364 e. The van der Waals surface area contributed by atoms with Gasteiger partial charge < -0.3 is 14.0 Å². The van der Waals surface area contributed by atoms with Gasteiger partial charge in [0.15, 0.2) is 6.04 Å². The van der Waals surface area contributed by atoms with E-state index >= 15 is 0 Å². The molecular formula is C37H60NO3+. The van der Waals surface area contributed by atoms with Crippen LogP contribution in [0, 0.1) is 0 Å². The van der Waals surface area contributed by atoms with Crippen molar-refractivity contribution in [2.24, 2.45) is 0 Å². The molecule has 4 nitrogen and oxygen atoms in total. The molecular weight excluding hydrogens is 506 g/mol. The SMILES string of the molecule is CCCCCCCCCCCCCCc1cccc(OC(C)CCOC(=O)C(CC)[N+](C)(C)Cc2ccccc2)c1. The molecule has 4 heteroatoms. The van der Waals surface area contributed by atoms with Crippen molar-refractivity contribution in [1.29, 1.82) is 0 Å². The summed E-state index contributed by atoms with van der Waals surface area (Å²) in [6.07, 6.45) is 19.0. The number of hydrogen-bond donors (Lipinski definition) is 0. The predicted octanol–water partition coefficient (Wildman–Crippen LogP) is 9.69. The Morgan fingerprint density at radius 3 is 1.95 bits per heavy atom. The number of carbonyl (C=O) groups is 1. The van der Waals surface area contributed by atoms with E-state index in [1.165, 1.54) is 88.2 Å². The van der Waals surface area contributed by atoms with E-state index in [1.54, 1.807) is 0 Å². The Labute approximate surface area is 252 Å². The van der Waals surface area contributed by atoms with Crippen LogP contribution >= 0.6 is 0 Å². The van der Waals surface area contributed by atoms with E-state index in [1.807, 2.05) is 24.3 Å². The number of aryl methyl sites for hydroxylation is 1. The molecule has 0 radical (unpaired) electrons. The molecule has 0 N–H and O–H groups in total. The minimum Gasteiger partial charge on any atom is -0.491 e. The molecule has 0 aliphatic carbocycles. The number of nitrogens with zero attached hydrogens (tertiary/aromatic N) is 1. The first-order valence-corrected chi connectivity index (χ1v) is 16.6. The van der Waals surface area contributed by atoms with E-state index in [-0.39, 0.29) is 18.1 Å². The van der Waals surface area contributed by atoms with Gasteiger partial charge >= 0.3 is 5.97 Å². The van der Waals surface area contributed by atoms with Crippen LogP contribution in [0.1, 0.15) is 122 Å². The number of rotatable bonds is 23. The lowest BCUT2D eigenvalue weighted by atomic mass is 10.0. The molecule has 230 valence electrons. The fourth-order valence-electron chi connectivity index (χ4n) is 5.77. The monoisotopic (exact) mass is 566 g/mol. The largest absolute Gasteiger partial charge is 0.491 e. The maximum absolute atomic E-state index is 13.0. The van der Waals surface area contributed by atoms with Gasteiger partial charge in [0.05, 0.1) is 26.8 Å². The van der Waals surface area contributed by atoms with E-state index in [0.717, 1.165) is 25.1 Å². The summed E-state index contributed by atoms with van der Waals surface area (Å²) in [6.45, 7) is 7.57. The second kappa shape index (κ2) is 20.5. The lowest BCUT2D eigenvalue weighted by molar-refractivity contribution is -0.919. The van der Waals surface area contributed by atoms with E-state index in [2.05, 4.69) is 65.2 Å².